The van der Waals surface area contributed by atoms with E-state index in [-0.39, 0.29) is 11.9 Å². The van der Waals surface area contributed by atoms with E-state index in [1.807, 2.05) is 42.6 Å². The van der Waals surface area contributed by atoms with E-state index in [1.54, 1.807) is 18.0 Å². The van der Waals surface area contributed by atoms with E-state index in [0.29, 0.717) is 18.1 Å². The Labute approximate surface area is 174 Å². The van der Waals surface area contributed by atoms with E-state index < -0.39 is 0 Å². The van der Waals surface area contributed by atoms with E-state index in [0.717, 1.165) is 27.0 Å². The van der Waals surface area contributed by atoms with Crippen LogP contribution in [0.4, 0.5) is 0 Å². The molecule has 0 aliphatic carbocycles. The first-order valence-electron chi connectivity index (χ1n) is 8.91. The van der Waals surface area contributed by atoms with Crippen molar-refractivity contribution in [2.45, 2.75) is 42.8 Å². The van der Waals surface area contributed by atoms with E-state index in [4.69, 9.17) is 28.1 Å². The van der Waals surface area contributed by atoms with Gasteiger partial charge in [-0.05, 0) is 35.7 Å². The molecule has 3 aromatic rings. The topological polar surface area (TPSA) is 95.1 Å². The first kappa shape index (κ1) is 20.2. The van der Waals surface area contributed by atoms with Gasteiger partial charge in [-0.3, -0.25) is 4.98 Å². The van der Waals surface area contributed by atoms with Crippen molar-refractivity contribution in [3.05, 3.63) is 70.9 Å². The Balaban J connectivity index is 2.08. The Morgan fingerprint density at radius 3 is 2.71 bits per heavy atom. The van der Waals surface area contributed by atoms with Crippen LogP contribution < -0.4 is 11.5 Å². The van der Waals surface area contributed by atoms with Gasteiger partial charge in [-0.25, -0.2) is 9.98 Å². The molecule has 4 N–H and O–H groups in total. The summed E-state index contributed by atoms with van der Waals surface area (Å²) in [6, 6.07) is 11.8. The lowest BCUT2D eigenvalue weighted by Crippen LogP contribution is -2.23. The summed E-state index contributed by atoms with van der Waals surface area (Å²) in [7, 11) is 0. The number of imidazole rings is 1. The minimum absolute atomic E-state index is 0.0473. The maximum absolute atomic E-state index is 6.18. The van der Waals surface area contributed by atoms with Crippen LogP contribution in [0.25, 0.3) is 0 Å². The standard InChI is InChI=1S/C20H23ClN6S/c1-13(2)18-19(28-16-7-3-6-15(21)9-16)27(12-14-5-4-8-24-10-14)17(26-18)11-25-20(22)23/h3-10,13H,11-12H2,1-2H3,(H4,22,23,25). The smallest absolute Gasteiger partial charge is 0.186 e. The Bertz CT molecular complexity index is 964. The van der Waals surface area contributed by atoms with Crippen molar-refractivity contribution in [2.75, 3.05) is 0 Å². The molecule has 1 aromatic carbocycles. The molecule has 28 heavy (non-hydrogen) atoms. The van der Waals surface area contributed by atoms with Gasteiger partial charge in [-0.15, -0.1) is 0 Å². The summed E-state index contributed by atoms with van der Waals surface area (Å²) >= 11 is 7.83. The molecule has 0 unspecified atom stereocenters. The lowest BCUT2D eigenvalue weighted by atomic mass is 10.1. The van der Waals surface area contributed by atoms with Gasteiger partial charge in [0.15, 0.2) is 5.96 Å². The van der Waals surface area contributed by atoms with Crippen LogP contribution in [0, 0.1) is 0 Å². The summed E-state index contributed by atoms with van der Waals surface area (Å²) in [4.78, 5) is 14.3. The predicted molar refractivity (Wildman–Crippen MR) is 115 cm³/mol. The fourth-order valence-corrected chi connectivity index (χ4v) is 4.23. The third-order valence-corrected chi connectivity index (χ3v) is 5.40. The molecule has 8 heteroatoms. The minimum atomic E-state index is 0.0473. The van der Waals surface area contributed by atoms with Crippen molar-refractivity contribution >= 4 is 29.3 Å². The maximum Gasteiger partial charge on any atom is 0.186 e. The SMILES string of the molecule is CC(C)c1nc(CN=C(N)N)n(Cc2cccnc2)c1Sc1cccc(Cl)c1. The molecule has 0 aliphatic rings. The quantitative estimate of drug-likeness (QED) is 0.449. The maximum atomic E-state index is 6.18. The van der Waals surface area contributed by atoms with Gasteiger partial charge < -0.3 is 16.0 Å². The number of benzene rings is 1. The predicted octanol–water partition coefficient (Wildman–Crippen LogP) is 4.03. The van der Waals surface area contributed by atoms with Crippen molar-refractivity contribution in [2.24, 2.45) is 16.5 Å². The highest BCUT2D eigenvalue weighted by Gasteiger charge is 2.21. The third kappa shape index (κ3) is 5.05. The van der Waals surface area contributed by atoms with Gasteiger partial charge in [-0.1, -0.05) is 49.3 Å². The van der Waals surface area contributed by atoms with Gasteiger partial charge >= 0.3 is 0 Å². The second-order valence-electron chi connectivity index (χ2n) is 6.62. The van der Waals surface area contributed by atoms with E-state index in [1.165, 1.54) is 0 Å². The molecular weight excluding hydrogens is 392 g/mol. The zero-order valence-electron chi connectivity index (χ0n) is 15.8. The van der Waals surface area contributed by atoms with Crippen LogP contribution in [-0.4, -0.2) is 20.5 Å². The van der Waals surface area contributed by atoms with Crippen LogP contribution in [0.3, 0.4) is 0 Å². The first-order valence-corrected chi connectivity index (χ1v) is 10.1. The molecule has 0 aliphatic heterocycles. The van der Waals surface area contributed by atoms with Gasteiger partial charge in [0.25, 0.3) is 0 Å². The van der Waals surface area contributed by atoms with Gasteiger partial charge in [0.1, 0.15) is 17.4 Å². The highest BCUT2D eigenvalue weighted by atomic mass is 35.5. The molecule has 0 saturated heterocycles. The highest BCUT2D eigenvalue weighted by Crippen LogP contribution is 2.36. The van der Waals surface area contributed by atoms with E-state index in [9.17, 15) is 0 Å². The van der Waals surface area contributed by atoms with Gasteiger partial charge in [-0.2, -0.15) is 0 Å². The minimum Gasteiger partial charge on any atom is -0.370 e. The van der Waals surface area contributed by atoms with Crippen molar-refractivity contribution in [1.82, 2.24) is 14.5 Å². The van der Waals surface area contributed by atoms with Crippen LogP contribution >= 0.6 is 23.4 Å². The largest absolute Gasteiger partial charge is 0.370 e. The van der Waals surface area contributed by atoms with Crippen LogP contribution in [0.2, 0.25) is 5.02 Å². The molecule has 0 amide bonds. The molecule has 0 fully saturated rings. The number of guanidine groups is 1. The second-order valence-corrected chi connectivity index (χ2v) is 8.12. The summed E-state index contributed by atoms with van der Waals surface area (Å²) in [5.41, 5.74) is 13.2. The molecule has 146 valence electrons. The number of pyridine rings is 1. The molecule has 3 rings (SSSR count). The lowest BCUT2D eigenvalue weighted by Gasteiger charge is -2.13. The monoisotopic (exact) mass is 414 g/mol. The van der Waals surface area contributed by atoms with Crippen LogP contribution in [0.5, 0.6) is 0 Å². The van der Waals surface area contributed by atoms with Crippen molar-refractivity contribution in [3.63, 3.8) is 0 Å². The van der Waals surface area contributed by atoms with Gasteiger partial charge in [0.2, 0.25) is 0 Å². The molecule has 0 radical (unpaired) electrons. The highest BCUT2D eigenvalue weighted by molar-refractivity contribution is 7.99. The normalized spacial score (nSPS) is 11.0. The second kappa shape index (κ2) is 9.12. The molecule has 6 nitrogen and oxygen atoms in total. The fraction of sp³-hybridized carbons (Fsp3) is 0.250. The summed E-state index contributed by atoms with van der Waals surface area (Å²) in [6.07, 6.45) is 3.62. The number of aliphatic imine (C=N–C) groups is 1. The van der Waals surface area contributed by atoms with Gasteiger partial charge in [0.05, 0.1) is 12.2 Å². The average Bonchev–Trinajstić information content (AvgIpc) is 2.98. The van der Waals surface area contributed by atoms with Crippen molar-refractivity contribution in [3.8, 4) is 0 Å². The molecule has 0 atom stereocenters. The Morgan fingerprint density at radius 1 is 1.25 bits per heavy atom. The first-order chi connectivity index (χ1) is 13.4. The lowest BCUT2D eigenvalue weighted by molar-refractivity contribution is 0.667. The van der Waals surface area contributed by atoms with Crippen LogP contribution in [0.15, 0.2) is 63.7 Å². The summed E-state index contributed by atoms with van der Waals surface area (Å²) in [5, 5.41) is 1.76. The number of rotatable bonds is 7. The molecular formula is C20H23ClN6S. The summed E-state index contributed by atoms with van der Waals surface area (Å²) in [5.74, 6) is 1.10. The molecule has 2 aromatic heterocycles. The van der Waals surface area contributed by atoms with Crippen molar-refractivity contribution in [1.29, 1.82) is 0 Å². The number of nitrogens with two attached hydrogens (primary N) is 2. The Morgan fingerprint density at radius 2 is 2.07 bits per heavy atom. The Kier molecular flexibility index (Phi) is 6.59. The number of nitrogens with zero attached hydrogens (tertiary/aromatic N) is 4. The molecule has 0 bridgehead atoms. The molecule has 0 spiro atoms. The summed E-state index contributed by atoms with van der Waals surface area (Å²) < 4.78 is 2.16. The van der Waals surface area contributed by atoms with E-state index >= 15 is 0 Å². The zero-order chi connectivity index (χ0) is 20.1. The number of hydrogen-bond acceptors (Lipinski definition) is 4. The Hall–Kier alpha value is -2.51. The van der Waals surface area contributed by atoms with E-state index in [2.05, 4.69) is 28.4 Å². The molecule has 2 heterocycles. The number of halogens is 1. The summed E-state index contributed by atoms with van der Waals surface area (Å²) in [6.45, 7) is 5.20. The van der Waals surface area contributed by atoms with Gasteiger partial charge in [0, 0.05) is 22.3 Å². The number of aromatic nitrogens is 3. The average molecular weight is 415 g/mol. The van der Waals surface area contributed by atoms with Crippen LogP contribution in [0.1, 0.15) is 36.8 Å². The fourth-order valence-electron chi connectivity index (χ4n) is 2.75. The molecule has 0 saturated carbocycles. The zero-order valence-corrected chi connectivity index (χ0v) is 17.4. The number of hydrogen-bond donors (Lipinski definition) is 2. The van der Waals surface area contributed by atoms with Crippen LogP contribution in [-0.2, 0) is 13.1 Å². The van der Waals surface area contributed by atoms with Crippen molar-refractivity contribution < 1.29 is 0 Å². The third-order valence-electron chi connectivity index (χ3n) is 4.05.